The van der Waals surface area contributed by atoms with Crippen molar-refractivity contribution in [3.8, 4) is 0 Å². The highest BCUT2D eigenvalue weighted by molar-refractivity contribution is 6.44. The summed E-state index contributed by atoms with van der Waals surface area (Å²) < 4.78 is 0.584. The molecular weight excluding hydrogens is 212 g/mol. The van der Waals surface area contributed by atoms with Crippen LogP contribution < -0.4 is 11.4 Å². The van der Waals surface area contributed by atoms with Crippen molar-refractivity contribution in [2.75, 3.05) is 5.73 Å². The van der Waals surface area contributed by atoms with Gasteiger partial charge in [0, 0.05) is 11.8 Å². The van der Waals surface area contributed by atoms with E-state index >= 15 is 0 Å². The SMILES string of the molecule is Nc1nc(=O)n(Cl)c(Cl)c1Cl. The first kappa shape index (κ1) is 8.64. The summed E-state index contributed by atoms with van der Waals surface area (Å²) in [4.78, 5) is 14.0. The smallest absolute Gasteiger partial charge is 0.365 e. The van der Waals surface area contributed by atoms with E-state index in [-0.39, 0.29) is 16.0 Å². The first-order valence-corrected chi connectivity index (χ1v) is 3.53. The van der Waals surface area contributed by atoms with Crippen molar-refractivity contribution in [1.82, 2.24) is 9.07 Å². The summed E-state index contributed by atoms with van der Waals surface area (Å²) in [7, 11) is 0. The highest BCUT2D eigenvalue weighted by atomic mass is 35.5. The molecule has 0 aliphatic carbocycles. The molecule has 60 valence electrons. The Morgan fingerprint density at radius 1 is 1.45 bits per heavy atom. The third-order valence-electron chi connectivity index (χ3n) is 0.962. The second-order valence-electron chi connectivity index (χ2n) is 1.67. The van der Waals surface area contributed by atoms with Crippen molar-refractivity contribution in [3.63, 3.8) is 0 Å². The number of hydrogen-bond donors (Lipinski definition) is 1. The van der Waals surface area contributed by atoms with Crippen LogP contribution in [-0.4, -0.2) is 9.07 Å². The van der Waals surface area contributed by atoms with Gasteiger partial charge in [0.05, 0.1) is 0 Å². The van der Waals surface area contributed by atoms with Crippen LogP contribution in [0.2, 0.25) is 10.2 Å². The maximum Gasteiger partial charge on any atom is 0.365 e. The van der Waals surface area contributed by atoms with Gasteiger partial charge < -0.3 is 5.73 Å². The monoisotopic (exact) mass is 213 g/mol. The van der Waals surface area contributed by atoms with Crippen molar-refractivity contribution < 1.29 is 0 Å². The normalized spacial score (nSPS) is 10.1. The highest BCUT2D eigenvalue weighted by Gasteiger charge is 2.09. The molecule has 0 atom stereocenters. The fraction of sp³-hybridized carbons (Fsp3) is 0. The molecule has 0 amide bonds. The van der Waals surface area contributed by atoms with Gasteiger partial charge in [-0.25, -0.2) is 4.79 Å². The average Bonchev–Trinajstić information content (AvgIpc) is 1.97. The molecule has 0 saturated heterocycles. The van der Waals surface area contributed by atoms with E-state index < -0.39 is 5.69 Å². The Labute approximate surface area is 76.6 Å². The Kier molecular flexibility index (Phi) is 2.27. The van der Waals surface area contributed by atoms with Crippen LogP contribution in [0, 0.1) is 0 Å². The fourth-order valence-corrected chi connectivity index (χ4v) is 0.933. The highest BCUT2D eigenvalue weighted by Crippen LogP contribution is 2.24. The molecule has 0 fully saturated rings. The van der Waals surface area contributed by atoms with Gasteiger partial charge in [-0.2, -0.15) is 9.07 Å². The fourth-order valence-electron chi connectivity index (χ4n) is 0.472. The summed E-state index contributed by atoms with van der Waals surface area (Å²) in [5.41, 5.74) is 4.44. The molecule has 0 aliphatic rings. The number of halogens is 3. The first-order chi connectivity index (χ1) is 5.04. The first-order valence-electron chi connectivity index (χ1n) is 2.43. The Morgan fingerprint density at radius 2 is 2.00 bits per heavy atom. The molecule has 4 nitrogen and oxygen atoms in total. The van der Waals surface area contributed by atoms with Crippen molar-refractivity contribution in [2.24, 2.45) is 0 Å². The van der Waals surface area contributed by atoms with Gasteiger partial charge >= 0.3 is 5.69 Å². The zero-order chi connectivity index (χ0) is 8.59. The maximum absolute atomic E-state index is 10.7. The Bertz CT molecular complexity index is 347. The summed E-state index contributed by atoms with van der Waals surface area (Å²) in [5.74, 6) is -0.126. The van der Waals surface area contributed by atoms with Crippen LogP contribution in [0.5, 0.6) is 0 Å². The molecule has 0 bridgehead atoms. The molecule has 2 N–H and O–H groups in total. The van der Waals surface area contributed by atoms with Gasteiger partial charge in [0.2, 0.25) is 0 Å². The van der Waals surface area contributed by atoms with Gasteiger partial charge in [0.1, 0.15) is 5.02 Å². The van der Waals surface area contributed by atoms with E-state index in [1.165, 1.54) is 0 Å². The summed E-state index contributed by atoms with van der Waals surface area (Å²) in [6.07, 6.45) is 0. The maximum atomic E-state index is 10.7. The third-order valence-corrected chi connectivity index (χ3v) is 2.19. The molecule has 0 unspecified atom stereocenters. The molecule has 0 saturated carbocycles. The molecular formula is C4H2Cl3N3O. The van der Waals surface area contributed by atoms with Gasteiger partial charge in [0.15, 0.2) is 11.0 Å². The lowest BCUT2D eigenvalue weighted by Crippen LogP contribution is -2.18. The number of nitrogen functional groups attached to an aromatic ring is 1. The number of nitrogens with two attached hydrogens (primary N) is 1. The van der Waals surface area contributed by atoms with Gasteiger partial charge in [-0.3, -0.25) is 0 Å². The van der Waals surface area contributed by atoms with Gasteiger partial charge in [-0.05, 0) is 0 Å². The Hall–Kier alpha value is -0.450. The Balaban J connectivity index is 3.59. The lowest BCUT2D eigenvalue weighted by atomic mass is 10.6. The van der Waals surface area contributed by atoms with Crippen LogP contribution in [0.15, 0.2) is 4.79 Å². The molecule has 0 aliphatic heterocycles. The molecule has 1 heterocycles. The van der Waals surface area contributed by atoms with E-state index in [2.05, 4.69) is 4.98 Å². The molecule has 1 rings (SSSR count). The van der Waals surface area contributed by atoms with Gasteiger partial charge in [0.25, 0.3) is 0 Å². The molecule has 0 spiro atoms. The molecule has 1 aromatic heterocycles. The van der Waals surface area contributed by atoms with E-state index in [0.29, 0.717) is 4.09 Å². The van der Waals surface area contributed by atoms with E-state index in [0.717, 1.165) is 0 Å². The van der Waals surface area contributed by atoms with E-state index in [1.807, 2.05) is 0 Å². The quantitative estimate of drug-likeness (QED) is 0.659. The molecule has 0 radical (unpaired) electrons. The van der Waals surface area contributed by atoms with E-state index in [4.69, 9.17) is 40.7 Å². The number of aromatic nitrogens is 2. The number of anilines is 1. The van der Waals surface area contributed by atoms with Crippen molar-refractivity contribution in [3.05, 3.63) is 20.7 Å². The number of rotatable bonds is 0. The Morgan fingerprint density at radius 3 is 2.55 bits per heavy atom. The minimum absolute atomic E-state index is 0.0266. The largest absolute Gasteiger partial charge is 0.382 e. The van der Waals surface area contributed by atoms with Crippen molar-refractivity contribution in [2.45, 2.75) is 0 Å². The standard InChI is InChI=1S/C4H2Cl3N3O/c5-1-2(6)10(7)4(11)9-3(1)8/h(H2,8,9,11). The number of nitrogens with zero attached hydrogens (tertiary/aromatic N) is 2. The van der Waals surface area contributed by atoms with E-state index in [1.54, 1.807) is 0 Å². The summed E-state index contributed by atoms with van der Waals surface area (Å²) in [6, 6.07) is 0. The second-order valence-corrected chi connectivity index (χ2v) is 2.74. The second kappa shape index (κ2) is 2.89. The minimum atomic E-state index is -0.751. The summed E-state index contributed by atoms with van der Waals surface area (Å²) in [6.45, 7) is 0. The van der Waals surface area contributed by atoms with E-state index in [9.17, 15) is 4.79 Å². The lowest BCUT2D eigenvalue weighted by Gasteiger charge is -2.00. The van der Waals surface area contributed by atoms with Crippen LogP contribution in [0.3, 0.4) is 0 Å². The zero-order valence-corrected chi connectivity index (χ0v) is 7.28. The van der Waals surface area contributed by atoms with Crippen molar-refractivity contribution >= 4 is 40.8 Å². The summed E-state index contributed by atoms with van der Waals surface area (Å²) in [5, 5.41) is -0.160. The van der Waals surface area contributed by atoms with Gasteiger partial charge in [-0.15, -0.1) is 0 Å². The molecule has 1 aromatic rings. The van der Waals surface area contributed by atoms with Crippen LogP contribution in [0.1, 0.15) is 0 Å². The lowest BCUT2D eigenvalue weighted by molar-refractivity contribution is 1.02. The van der Waals surface area contributed by atoms with Crippen LogP contribution in [-0.2, 0) is 0 Å². The predicted octanol–water partition coefficient (Wildman–Crippen LogP) is 1.13. The third kappa shape index (κ3) is 1.42. The topological polar surface area (TPSA) is 60.9 Å². The van der Waals surface area contributed by atoms with Gasteiger partial charge in [-0.1, -0.05) is 23.2 Å². The predicted molar refractivity (Wildman–Crippen MR) is 44.2 cm³/mol. The zero-order valence-electron chi connectivity index (χ0n) is 5.01. The van der Waals surface area contributed by atoms with Crippen LogP contribution >= 0.6 is 35.0 Å². The minimum Gasteiger partial charge on any atom is -0.382 e. The summed E-state index contributed by atoms with van der Waals surface area (Å²) >= 11 is 16.3. The van der Waals surface area contributed by atoms with Crippen LogP contribution in [0.25, 0.3) is 0 Å². The average molecular weight is 214 g/mol. The molecule has 7 heteroatoms. The molecule has 0 aromatic carbocycles. The van der Waals surface area contributed by atoms with Crippen molar-refractivity contribution in [1.29, 1.82) is 0 Å². The molecule has 11 heavy (non-hydrogen) atoms. The van der Waals surface area contributed by atoms with Crippen LogP contribution in [0.4, 0.5) is 5.82 Å². The number of hydrogen-bond acceptors (Lipinski definition) is 3.